The minimum absolute atomic E-state index is 0.313. The average Bonchev–Trinajstić information content (AvgIpc) is 2.37. The monoisotopic (exact) mass is 387 g/mol. The van der Waals surface area contributed by atoms with Gasteiger partial charge in [-0.1, -0.05) is 22.0 Å². The molecular formula is C14H12Br2FNO. The molecule has 2 aromatic rings. The molecule has 0 bridgehead atoms. The van der Waals surface area contributed by atoms with E-state index in [1.165, 1.54) is 6.07 Å². The lowest BCUT2D eigenvalue weighted by molar-refractivity contribution is 0.479. The van der Waals surface area contributed by atoms with Gasteiger partial charge in [0.15, 0.2) is 0 Å². The maximum atomic E-state index is 13.1. The summed E-state index contributed by atoms with van der Waals surface area (Å²) in [5.41, 5.74) is 6.66. The number of rotatable bonds is 4. The fraction of sp³-hybridized carbons (Fsp3) is 0.143. The molecule has 2 N–H and O–H groups in total. The highest BCUT2D eigenvalue weighted by atomic mass is 79.9. The Bertz CT molecular complexity index is 590. The van der Waals surface area contributed by atoms with Gasteiger partial charge in [0.25, 0.3) is 0 Å². The van der Waals surface area contributed by atoms with Crippen LogP contribution in [0, 0.1) is 5.82 Å². The molecule has 0 amide bonds. The summed E-state index contributed by atoms with van der Waals surface area (Å²) in [6, 6.07) is 10.2. The summed E-state index contributed by atoms with van der Waals surface area (Å²) in [4.78, 5) is 0. The van der Waals surface area contributed by atoms with Crippen LogP contribution in [0.2, 0.25) is 0 Å². The zero-order chi connectivity index (χ0) is 13.8. The standard InChI is InChI=1S/C14H12Br2FNO/c15-12-7-10(2-1-9(12)5-6-18)19-11-3-4-14(17)13(16)8-11/h1-4,7-8H,5-6,18H2. The first-order valence-corrected chi connectivity index (χ1v) is 7.30. The predicted molar refractivity (Wildman–Crippen MR) is 81.1 cm³/mol. The third-order valence-electron chi connectivity index (χ3n) is 2.56. The van der Waals surface area contributed by atoms with Crippen LogP contribution in [0.3, 0.4) is 0 Å². The van der Waals surface area contributed by atoms with Gasteiger partial charge in [0.2, 0.25) is 0 Å². The van der Waals surface area contributed by atoms with Crippen LogP contribution in [-0.2, 0) is 6.42 Å². The molecule has 2 rings (SSSR count). The van der Waals surface area contributed by atoms with Crippen molar-refractivity contribution < 1.29 is 9.13 Å². The maximum Gasteiger partial charge on any atom is 0.137 e. The predicted octanol–water partition coefficient (Wildman–Crippen LogP) is 4.64. The third-order valence-corrected chi connectivity index (χ3v) is 3.91. The quantitative estimate of drug-likeness (QED) is 0.827. The zero-order valence-electron chi connectivity index (χ0n) is 10.00. The first kappa shape index (κ1) is 14.5. The average molecular weight is 389 g/mol. The van der Waals surface area contributed by atoms with E-state index in [1.807, 2.05) is 18.2 Å². The van der Waals surface area contributed by atoms with Crippen molar-refractivity contribution in [2.45, 2.75) is 6.42 Å². The minimum Gasteiger partial charge on any atom is -0.457 e. The number of halogens is 3. The fourth-order valence-electron chi connectivity index (χ4n) is 1.63. The lowest BCUT2D eigenvalue weighted by atomic mass is 10.1. The third kappa shape index (κ3) is 3.78. The van der Waals surface area contributed by atoms with E-state index in [1.54, 1.807) is 12.1 Å². The molecule has 2 aromatic carbocycles. The molecule has 2 nitrogen and oxygen atoms in total. The molecule has 0 aliphatic carbocycles. The SMILES string of the molecule is NCCc1ccc(Oc2ccc(F)c(Br)c2)cc1Br. The maximum absolute atomic E-state index is 13.1. The Balaban J connectivity index is 2.19. The number of hydrogen-bond acceptors (Lipinski definition) is 2. The van der Waals surface area contributed by atoms with Crippen molar-refractivity contribution in [1.29, 1.82) is 0 Å². The van der Waals surface area contributed by atoms with E-state index in [-0.39, 0.29) is 5.82 Å². The molecule has 19 heavy (non-hydrogen) atoms. The van der Waals surface area contributed by atoms with Crippen molar-refractivity contribution in [1.82, 2.24) is 0 Å². The Morgan fingerprint density at radius 1 is 1.00 bits per heavy atom. The van der Waals surface area contributed by atoms with Crippen molar-refractivity contribution in [3.8, 4) is 11.5 Å². The molecule has 0 unspecified atom stereocenters. The normalized spacial score (nSPS) is 10.5. The zero-order valence-corrected chi connectivity index (χ0v) is 13.2. The summed E-state index contributed by atoms with van der Waals surface area (Å²) >= 11 is 6.61. The van der Waals surface area contributed by atoms with Crippen LogP contribution in [0.5, 0.6) is 11.5 Å². The van der Waals surface area contributed by atoms with E-state index in [2.05, 4.69) is 31.9 Å². The van der Waals surface area contributed by atoms with Crippen LogP contribution in [0.1, 0.15) is 5.56 Å². The lowest BCUT2D eigenvalue weighted by Gasteiger charge is -2.09. The number of nitrogens with two attached hydrogens (primary N) is 1. The van der Waals surface area contributed by atoms with E-state index in [0.29, 0.717) is 22.5 Å². The van der Waals surface area contributed by atoms with Gasteiger partial charge in [-0.3, -0.25) is 0 Å². The van der Waals surface area contributed by atoms with Crippen LogP contribution in [0.15, 0.2) is 45.3 Å². The summed E-state index contributed by atoms with van der Waals surface area (Å²) in [6.07, 6.45) is 0.808. The highest BCUT2D eigenvalue weighted by Gasteiger charge is 2.05. The van der Waals surface area contributed by atoms with E-state index in [0.717, 1.165) is 16.5 Å². The summed E-state index contributed by atoms with van der Waals surface area (Å²) in [5, 5.41) is 0. The van der Waals surface area contributed by atoms with Crippen molar-refractivity contribution >= 4 is 31.9 Å². The largest absolute Gasteiger partial charge is 0.457 e. The summed E-state index contributed by atoms with van der Waals surface area (Å²) in [6.45, 7) is 0.601. The van der Waals surface area contributed by atoms with Crippen molar-refractivity contribution in [3.63, 3.8) is 0 Å². The van der Waals surface area contributed by atoms with E-state index < -0.39 is 0 Å². The Morgan fingerprint density at radius 3 is 2.21 bits per heavy atom. The molecule has 0 heterocycles. The van der Waals surface area contributed by atoms with Gasteiger partial charge < -0.3 is 10.5 Å². The Morgan fingerprint density at radius 2 is 1.63 bits per heavy atom. The van der Waals surface area contributed by atoms with E-state index >= 15 is 0 Å². The van der Waals surface area contributed by atoms with Gasteiger partial charge in [0.05, 0.1) is 4.47 Å². The Kier molecular flexibility index (Phi) is 4.96. The van der Waals surface area contributed by atoms with Gasteiger partial charge in [-0.25, -0.2) is 4.39 Å². The van der Waals surface area contributed by atoms with Crippen molar-refractivity contribution in [2.24, 2.45) is 5.73 Å². The molecule has 0 saturated carbocycles. The van der Waals surface area contributed by atoms with E-state index in [9.17, 15) is 4.39 Å². The highest BCUT2D eigenvalue weighted by molar-refractivity contribution is 9.10. The molecule has 0 saturated heterocycles. The van der Waals surface area contributed by atoms with Crippen LogP contribution < -0.4 is 10.5 Å². The molecular weight excluding hydrogens is 377 g/mol. The molecule has 100 valence electrons. The van der Waals surface area contributed by atoms with Gasteiger partial charge in [-0.2, -0.15) is 0 Å². The lowest BCUT2D eigenvalue weighted by Crippen LogP contribution is -2.03. The first-order valence-electron chi connectivity index (χ1n) is 5.71. The second kappa shape index (κ2) is 6.50. The molecule has 0 atom stereocenters. The molecule has 0 aliphatic rings. The molecule has 0 radical (unpaired) electrons. The van der Waals surface area contributed by atoms with Gasteiger partial charge in [0.1, 0.15) is 17.3 Å². The highest BCUT2D eigenvalue weighted by Crippen LogP contribution is 2.29. The summed E-state index contributed by atoms with van der Waals surface area (Å²) < 4.78 is 20.1. The molecule has 0 spiro atoms. The Labute approximate surface area is 128 Å². The van der Waals surface area contributed by atoms with Gasteiger partial charge in [-0.05, 0) is 64.8 Å². The molecule has 0 fully saturated rings. The molecule has 5 heteroatoms. The van der Waals surface area contributed by atoms with Crippen LogP contribution >= 0.6 is 31.9 Å². The van der Waals surface area contributed by atoms with Crippen LogP contribution in [0.25, 0.3) is 0 Å². The van der Waals surface area contributed by atoms with Gasteiger partial charge >= 0.3 is 0 Å². The minimum atomic E-state index is -0.313. The van der Waals surface area contributed by atoms with Gasteiger partial charge in [0, 0.05) is 4.47 Å². The first-order chi connectivity index (χ1) is 9.10. The Hall–Kier alpha value is -0.910. The van der Waals surface area contributed by atoms with Crippen molar-refractivity contribution in [2.75, 3.05) is 6.54 Å². The second-order valence-electron chi connectivity index (χ2n) is 3.97. The number of hydrogen-bond donors (Lipinski definition) is 1. The molecule has 0 aromatic heterocycles. The van der Waals surface area contributed by atoms with Gasteiger partial charge in [-0.15, -0.1) is 0 Å². The van der Waals surface area contributed by atoms with Crippen molar-refractivity contribution in [3.05, 3.63) is 56.7 Å². The van der Waals surface area contributed by atoms with E-state index in [4.69, 9.17) is 10.5 Å². The topological polar surface area (TPSA) is 35.2 Å². The second-order valence-corrected chi connectivity index (χ2v) is 5.68. The number of benzene rings is 2. The molecule has 0 aliphatic heterocycles. The fourth-order valence-corrected chi connectivity index (χ4v) is 2.54. The van der Waals surface area contributed by atoms with Crippen LogP contribution in [-0.4, -0.2) is 6.54 Å². The number of ether oxygens (including phenoxy) is 1. The van der Waals surface area contributed by atoms with Crippen LogP contribution in [0.4, 0.5) is 4.39 Å². The summed E-state index contributed by atoms with van der Waals surface area (Å²) in [7, 11) is 0. The summed E-state index contributed by atoms with van der Waals surface area (Å²) in [5.74, 6) is 0.949. The smallest absolute Gasteiger partial charge is 0.137 e.